The first kappa shape index (κ1) is 18.0. The first-order chi connectivity index (χ1) is 10.6. The summed E-state index contributed by atoms with van der Waals surface area (Å²) in [7, 11) is 0. The Labute approximate surface area is 137 Å². The van der Waals surface area contributed by atoms with Crippen molar-refractivity contribution in [3.63, 3.8) is 0 Å². The first-order valence-corrected chi connectivity index (χ1v) is 7.57. The van der Waals surface area contributed by atoms with Crippen LogP contribution >= 0.6 is 11.6 Å². The smallest absolute Gasteiger partial charge is 0.373 e. The Balaban J connectivity index is 2.02. The third kappa shape index (κ3) is 5.09. The van der Waals surface area contributed by atoms with Crippen LogP contribution in [0.2, 0.25) is 5.02 Å². The number of nitrogens with one attached hydrogen (secondary N) is 1. The van der Waals surface area contributed by atoms with E-state index in [4.69, 9.17) is 16.3 Å². The minimum atomic E-state index is -4.49. The summed E-state index contributed by atoms with van der Waals surface area (Å²) in [5, 5.41) is 2.51. The second-order valence-corrected chi connectivity index (χ2v) is 6.10. The Kier molecular flexibility index (Phi) is 5.54. The summed E-state index contributed by atoms with van der Waals surface area (Å²) in [6.45, 7) is 5.07. The number of rotatable bonds is 3. The number of anilines is 1. The zero-order chi connectivity index (χ0) is 17.2. The molecule has 23 heavy (non-hydrogen) atoms. The van der Waals surface area contributed by atoms with Gasteiger partial charge in [-0.15, -0.1) is 0 Å². The molecule has 0 aliphatic carbocycles. The zero-order valence-corrected chi connectivity index (χ0v) is 13.5. The summed E-state index contributed by atoms with van der Waals surface area (Å²) in [5.74, 6) is -0.410. The summed E-state index contributed by atoms with van der Waals surface area (Å²) >= 11 is 5.86. The molecular weight excluding hydrogens is 333 g/mol. The maximum atomic E-state index is 12.7. The van der Waals surface area contributed by atoms with Gasteiger partial charge in [-0.3, -0.25) is 9.69 Å². The monoisotopic (exact) mass is 350 g/mol. The minimum Gasteiger partial charge on any atom is -0.373 e. The lowest BCUT2D eigenvalue weighted by molar-refractivity contribution is -0.137. The van der Waals surface area contributed by atoms with E-state index in [1.807, 2.05) is 18.7 Å². The van der Waals surface area contributed by atoms with Crippen LogP contribution in [0.25, 0.3) is 0 Å². The molecule has 0 spiro atoms. The molecule has 1 fully saturated rings. The molecule has 0 aromatic heterocycles. The highest BCUT2D eigenvalue weighted by Gasteiger charge is 2.31. The van der Waals surface area contributed by atoms with Crippen LogP contribution < -0.4 is 5.32 Å². The fraction of sp³-hybridized carbons (Fsp3) is 0.533. The molecule has 1 aromatic rings. The van der Waals surface area contributed by atoms with E-state index in [9.17, 15) is 18.0 Å². The van der Waals surface area contributed by atoms with Crippen LogP contribution in [0.15, 0.2) is 18.2 Å². The number of carbonyl (C=O) groups is 1. The SMILES string of the molecule is C[C@@H]1CN(CC(=O)Nc2cc(C(F)(F)F)ccc2Cl)C[C@H](C)O1. The highest BCUT2D eigenvalue weighted by molar-refractivity contribution is 6.33. The predicted octanol–water partition coefficient (Wildman–Crippen LogP) is 3.41. The highest BCUT2D eigenvalue weighted by Crippen LogP contribution is 2.33. The number of morpholine rings is 1. The molecule has 1 heterocycles. The number of ether oxygens (including phenoxy) is 1. The van der Waals surface area contributed by atoms with Crippen LogP contribution in [0.1, 0.15) is 19.4 Å². The number of alkyl halides is 3. The third-order valence-corrected chi connectivity index (χ3v) is 3.76. The molecular formula is C15H18ClF3N2O2. The Morgan fingerprint density at radius 1 is 1.35 bits per heavy atom. The van der Waals surface area contributed by atoms with E-state index in [-0.39, 0.29) is 29.5 Å². The highest BCUT2D eigenvalue weighted by atomic mass is 35.5. The zero-order valence-electron chi connectivity index (χ0n) is 12.8. The van der Waals surface area contributed by atoms with Gasteiger partial charge in [0.15, 0.2) is 0 Å². The van der Waals surface area contributed by atoms with Crippen LogP contribution in [0, 0.1) is 0 Å². The molecule has 2 atom stereocenters. The third-order valence-electron chi connectivity index (χ3n) is 3.43. The summed E-state index contributed by atoms with van der Waals surface area (Å²) in [5.41, 5.74) is -0.897. The minimum absolute atomic E-state index is 0.00342. The Morgan fingerprint density at radius 3 is 2.52 bits per heavy atom. The van der Waals surface area contributed by atoms with Gasteiger partial charge in [-0.2, -0.15) is 13.2 Å². The van der Waals surface area contributed by atoms with Crippen molar-refractivity contribution in [3.05, 3.63) is 28.8 Å². The normalized spacial score (nSPS) is 22.9. The standard InChI is InChI=1S/C15H18ClF3N2O2/c1-9-6-21(7-10(2)23-9)8-14(22)20-13-5-11(15(17,18)19)3-4-12(13)16/h3-5,9-10H,6-8H2,1-2H3,(H,20,22)/t9-,10+. The Bertz CT molecular complexity index is 570. The number of benzene rings is 1. The van der Waals surface area contributed by atoms with Crippen molar-refractivity contribution in [2.24, 2.45) is 0 Å². The average molecular weight is 351 g/mol. The summed E-state index contributed by atoms with van der Waals surface area (Å²) in [4.78, 5) is 14.0. The lowest BCUT2D eigenvalue weighted by Crippen LogP contribution is -2.48. The predicted molar refractivity (Wildman–Crippen MR) is 81.5 cm³/mol. The molecule has 0 radical (unpaired) electrons. The van der Waals surface area contributed by atoms with E-state index in [1.165, 1.54) is 0 Å². The molecule has 128 valence electrons. The van der Waals surface area contributed by atoms with Gasteiger partial charge in [0.25, 0.3) is 0 Å². The molecule has 4 nitrogen and oxygen atoms in total. The molecule has 0 saturated carbocycles. The van der Waals surface area contributed by atoms with Gasteiger partial charge in [-0.05, 0) is 32.0 Å². The number of amides is 1. The van der Waals surface area contributed by atoms with Crippen LogP contribution in [0.3, 0.4) is 0 Å². The average Bonchev–Trinajstić information content (AvgIpc) is 2.38. The fourth-order valence-electron chi connectivity index (χ4n) is 2.60. The van der Waals surface area contributed by atoms with Gasteiger partial charge in [0.1, 0.15) is 0 Å². The molecule has 1 saturated heterocycles. The largest absolute Gasteiger partial charge is 0.416 e. The van der Waals surface area contributed by atoms with Gasteiger partial charge >= 0.3 is 6.18 Å². The van der Waals surface area contributed by atoms with E-state index in [2.05, 4.69) is 5.32 Å². The summed E-state index contributed by atoms with van der Waals surface area (Å²) in [6, 6.07) is 2.84. The topological polar surface area (TPSA) is 41.6 Å². The summed E-state index contributed by atoms with van der Waals surface area (Å²) < 4.78 is 43.7. The molecule has 8 heteroatoms. The van der Waals surface area contributed by atoms with Crippen molar-refractivity contribution in [2.45, 2.75) is 32.2 Å². The van der Waals surface area contributed by atoms with Crippen LogP contribution in [-0.4, -0.2) is 42.6 Å². The molecule has 2 rings (SSSR count). The quantitative estimate of drug-likeness (QED) is 0.908. The molecule has 1 N–H and O–H groups in total. The first-order valence-electron chi connectivity index (χ1n) is 7.19. The van der Waals surface area contributed by atoms with Crippen molar-refractivity contribution < 1.29 is 22.7 Å². The molecule has 1 amide bonds. The van der Waals surface area contributed by atoms with E-state index < -0.39 is 17.6 Å². The molecule has 0 bridgehead atoms. The Hall–Kier alpha value is -1.31. The Morgan fingerprint density at radius 2 is 1.96 bits per heavy atom. The van der Waals surface area contributed by atoms with Gasteiger partial charge in [0.05, 0.1) is 35.0 Å². The van der Waals surface area contributed by atoms with Crippen molar-refractivity contribution >= 4 is 23.2 Å². The van der Waals surface area contributed by atoms with Gasteiger partial charge in [-0.1, -0.05) is 11.6 Å². The number of hydrogen-bond acceptors (Lipinski definition) is 3. The van der Waals surface area contributed by atoms with E-state index in [0.29, 0.717) is 13.1 Å². The molecule has 1 aliphatic heterocycles. The molecule has 1 aromatic carbocycles. The number of carbonyl (C=O) groups excluding carboxylic acids is 1. The number of nitrogens with zero attached hydrogens (tertiary/aromatic N) is 1. The molecule has 1 aliphatic rings. The lowest BCUT2D eigenvalue weighted by Gasteiger charge is -2.34. The second kappa shape index (κ2) is 7.07. The van der Waals surface area contributed by atoms with E-state index in [0.717, 1.165) is 18.2 Å². The lowest BCUT2D eigenvalue weighted by atomic mass is 10.2. The number of halogens is 4. The van der Waals surface area contributed by atoms with E-state index in [1.54, 1.807) is 0 Å². The van der Waals surface area contributed by atoms with Crippen molar-refractivity contribution in [1.29, 1.82) is 0 Å². The maximum Gasteiger partial charge on any atom is 0.416 e. The van der Waals surface area contributed by atoms with Crippen LogP contribution in [0.5, 0.6) is 0 Å². The van der Waals surface area contributed by atoms with Crippen molar-refractivity contribution in [1.82, 2.24) is 4.90 Å². The van der Waals surface area contributed by atoms with Crippen molar-refractivity contribution in [2.75, 3.05) is 25.0 Å². The van der Waals surface area contributed by atoms with Crippen molar-refractivity contribution in [3.8, 4) is 0 Å². The van der Waals surface area contributed by atoms with Gasteiger partial charge < -0.3 is 10.1 Å². The van der Waals surface area contributed by atoms with E-state index >= 15 is 0 Å². The molecule has 0 unspecified atom stereocenters. The fourth-order valence-corrected chi connectivity index (χ4v) is 2.77. The van der Waals surface area contributed by atoms with Crippen LogP contribution in [0.4, 0.5) is 18.9 Å². The maximum absolute atomic E-state index is 12.7. The van der Waals surface area contributed by atoms with Gasteiger partial charge in [0, 0.05) is 13.1 Å². The van der Waals surface area contributed by atoms with Gasteiger partial charge in [-0.25, -0.2) is 0 Å². The number of hydrogen-bond donors (Lipinski definition) is 1. The summed E-state index contributed by atoms with van der Waals surface area (Å²) in [6.07, 6.45) is -4.48. The van der Waals surface area contributed by atoms with Crippen LogP contribution in [-0.2, 0) is 15.7 Å². The van der Waals surface area contributed by atoms with Gasteiger partial charge in [0.2, 0.25) is 5.91 Å². The second-order valence-electron chi connectivity index (χ2n) is 5.69.